The molecular weight excluding hydrogens is 320 g/mol. The van der Waals surface area contributed by atoms with Crippen molar-refractivity contribution in [2.45, 2.75) is 51.1 Å². The molecule has 0 radical (unpaired) electrons. The van der Waals surface area contributed by atoms with E-state index in [-0.39, 0.29) is 30.9 Å². The van der Waals surface area contributed by atoms with E-state index < -0.39 is 6.04 Å². The van der Waals surface area contributed by atoms with Crippen molar-refractivity contribution in [3.8, 4) is 5.75 Å². The number of benzene rings is 1. The van der Waals surface area contributed by atoms with Crippen LogP contribution in [0, 0.1) is 0 Å². The molecule has 2 unspecified atom stereocenters. The lowest BCUT2D eigenvalue weighted by Crippen LogP contribution is -2.50. The summed E-state index contributed by atoms with van der Waals surface area (Å²) < 4.78 is 5.41. The Morgan fingerprint density at radius 2 is 1.96 bits per heavy atom. The molecule has 2 saturated heterocycles. The number of carbonyl (C=O) groups excluding carboxylic acids is 2. The van der Waals surface area contributed by atoms with E-state index >= 15 is 0 Å². The first kappa shape index (κ1) is 17.9. The van der Waals surface area contributed by atoms with Crippen LogP contribution in [-0.4, -0.2) is 53.7 Å². The van der Waals surface area contributed by atoms with Gasteiger partial charge in [0.25, 0.3) is 5.91 Å². The van der Waals surface area contributed by atoms with E-state index in [0.717, 1.165) is 31.6 Å². The molecule has 1 aromatic rings. The fraction of sp³-hybridized carbons (Fsp3) is 0.579. The van der Waals surface area contributed by atoms with Gasteiger partial charge in [-0.05, 0) is 57.0 Å². The zero-order valence-electron chi connectivity index (χ0n) is 14.7. The molecule has 136 valence electrons. The van der Waals surface area contributed by atoms with Crippen molar-refractivity contribution in [3.63, 3.8) is 0 Å². The Morgan fingerprint density at radius 3 is 2.64 bits per heavy atom. The van der Waals surface area contributed by atoms with Crippen molar-refractivity contribution in [1.82, 2.24) is 4.90 Å². The van der Waals surface area contributed by atoms with Gasteiger partial charge in [-0.25, -0.2) is 4.90 Å². The highest BCUT2D eigenvalue weighted by Crippen LogP contribution is 2.31. The van der Waals surface area contributed by atoms with Gasteiger partial charge in [-0.1, -0.05) is 6.42 Å². The van der Waals surface area contributed by atoms with Gasteiger partial charge in [0.1, 0.15) is 5.75 Å². The fourth-order valence-corrected chi connectivity index (χ4v) is 3.90. The highest BCUT2D eigenvalue weighted by molar-refractivity contribution is 6.22. The first-order chi connectivity index (χ1) is 12.2. The third kappa shape index (κ3) is 3.70. The molecule has 1 N–H and O–H groups in total. The Bertz CT molecular complexity index is 614. The van der Waals surface area contributed by atoms with Crippen molar-refractivity contribution in [2.75, 3.05) is 24.7 Å². The average molecular weight is 346 g/mol. The predicted molar refractivity (Wildman–Crippen MR) is 94.6 cm³/mol. The van der Waals surface area contributed by atoms with Gasteiger partial charge in [-0.3, -0.25) is 14.5 Å². The average Bonchev–Trinajstić information content (AvgIpc) is 2.91. The second kappa shape index (κ2) is 7.97. The van der Waals surface area contributed by atoms with Crippen molar-refractivity contribution in [2.24, 2.45) is 0 Å². The number of hydrogen-bond acceptors (Lipinski definition) is 5. The van der Waals surface area contributed by atoms with Crippen LogP contribution in [0.25, 0.3) is 0 Å². The molecule has 0 spiro atoms. The molecule has 2 heterocycles. The van der Waals surface area contributed by atoms with E-state index in [2.05, 4.69) is 4.90 Å². The molecule has 6 nitrogen and oxygen atoms in total. The van der Waals surface area contributed by atoms with Gasteiger partial charge in [0.15, 0.2) is 0 Å². The third-order valence-corrected chi connectivity index (χ3v) is 5.06. The summed E-state index contributed by atoms with van der Waals surface area (Å²) in [5, 5.41) is 9.30. The van der Waals surface area contributed by atoms with Crippen LogP contribution >= 0.6 is 0 Å². The van der Waals surface area contributed by atoms with Crippen LogP contribution in [0.3, 0.4) is 0 Å². The molecule has 25 heavy (non-hydrogen) atoms. The molecule has 2 aliphatic heterocycles. The van der Waals surface area contributed by atoms with E-state index in [1.54, 1.807) is 24.3 Å². The van der Waals surface area contributed by atoms with Crippen LogP contribution in [0.2, 0.25) is 0 Å². The molecule has 3 rings (SSSR count). The summed E-state index contributed by atoms with van der Waals surface area (Å²) in [6.45, 7) is 3.40. The number of amides is 2. The topological polar surface area (TPSA) is 70.1 Å². The molecule has 0 bridgehead atoms. The van der Waals surface area contributed by atoms with Gasteiger partial charge in [0, 0.05) is 12.6 Å². The summed E-state index contributed by atoms with van der Waals surface area (Å²) in [5.74, 6) is 0.410. The molecule has 0 saturated carbocycles. The predicted octanol–water partition coefficient (Wildman–Crippen LogP) is 1.95. The summed E-state index contributed by atoms with van der Waals surface area (Å²) in [4.78, 5) is 28.9. The maximum absolute atomic E-state index is 12.9. The Labute approximate surface area is 148 Å². The van der Waals surface area contributed by atoms with Gasteiger partial charge in [-0.15, -0.1) is 0 Å². The second-order valence-corrected chi connectivity index (χ2v) is 6.61. The Kier molecular flexibility index (Phi) is 5.71. The molecular formula is C19H26N2O4. The first-order valence-electron chi connectivity index (χ1n) is 9.12. The number of ether oxygens (including phenoxy) is 1. The SMILES string of the molecule is CCOc1ccc(N2C(=O)CC(N3CCCCC3CCO)C2=O)cc1. The lowest BCUT2D eigenvalue weighted by Gasteiger charge is -2.38. The van der Waals surface area contributed by atoms with Gasteiger partial charge < -0.3 is 9.84 Å². The van der Waals surface area contributed by atoms with Crippen LogP contribution < -0.4 is 9.64 Å². The number of aliphatic hydroxyl groups excluding tert-OH is 1. The summed E-state index contributed by atoms with van der Waals surface area (Å²) in [6.07, 6.45) is 3.98. The molecule has 2 fully saturated rings. The van der Waals surface area contributed by atoms with Gasteiger partial charge in [-0.2, -0.15) is 0 Å². The summed E-state index contributed by atoms with van der Waals surface area (Å²) >= 11 is 0. The van der Waals surface area contributed by atoms with Gasteiger partial charge in [0.2, 0.25) is 5.91 Å². The Hall–Kier alpha value is -1.92. The normalized spacial score (nSPS) is 24.8. The zero-order chi connectivity index (χ0) is 17.8. The maximum atomic E-state index is 12.9. The lowest BCUT2D eigenvalue weighted by atomic mass is 9.97. The molecule has 2 atom stereocenters. The number of likely N-dealkylation sites (tertiary alicyclic amines) is 1. The lowest BCUT2D eigenvalue weighted by molar-refractivity contribution is -0.123. The summed E-state index contributed by atoms with van der Waals surface area (Å²) in [7, 11) is 0. The number of carbonyl (C=O) groups is 2. The van der Waals surface area contributed by atoms with E-state index in [4.69, 9.17) is 4.74 Å². The van der Waals surface area contributed by atoms with E-state index in [1.807, 2.05) is 6.92 Å². The number of nitrogens with zero attached hydrogens (tertiary/aromatic N) is 2. The number of rotatable bonds is 6. The minimum Gasteiger partial charge on any atom is -0.494 e. The summed E-state index contributed by atoms with van der Waals surface area (Å²) in [5.41, 5.74) is 0.594. The van der Waals surface area contributed by atoms with Crippen molar-refractivity contribution < 1.29 is 19.4 Å². The second-order valence-electron chi connectivity index (χ2n) is 6.61. The fourth-order valence-electron chi connectivity index (χ4n) is 3.90. The maximum Gasteiger partial charge on any atom is 0.251 e. The molecule has 2 aliphatic rings. The molecule has 6 heteroatoms. The summed E-state index contributed by atoms with van der Waals surface area (Å²) in [6, 6.07) is 6.84. The number of anilines is 1. The van der Waals surface area contributed by atoms with Gasteiger partial charge >= 0.3 is 0 Å². The van der Waals surface area contributed by atoms with Crippen LogP contribution in [-0.2, 0) is 9.59 Å². The van der Waals surface area contributed by atoms with Crippen molar-refractivity contribution in [1.29, 1.82) is 0 Å². The number of piperidine rings is 1. The van der Waals surface area contributed by atoms with Crippen LogP contribution in [0.1, 0.15) is 39.0 Å². The monoisotopic (exact) mass is 346 g/mol. The van der Waals surface area contributed by atoms with Crippen molar-refractivity contribution in [3.05, 3.63) is 24.3 Å². The Morgan fingerprint density at radius 1 is 1.20 bits per heavy atom. The van der Waals surface area contributed by atoms with E-state index in [9.17, 15) is 14.7 Å². The number of imide groups is 1. The molecule has 1 aromatic carbocycles. The van der Waals surface area contributed by atoms with Gasteiger partial charge in [0.05, 0.1) is 24.8 Å². The first-order valence-corrected chi connectivity index (χ1v) is 9.12. The zero-order valence-corrected chi connectivity index (χ0v) is 14.7. The van der Waals surface area contributed by atoms with E-state index in [1.165, 1.54) is 4.90 Å². The minimum absolute atomic E-state index is 0.110. The van der Waals surface area contributed by atoms with Crippen LogP contribution in [0.15, 0.2) is 24.3 Å². The van der Waals surface area contributed by atoms with Crippen molar-refractivity contribution >= 4 is 17.5 Å². The molecule has 0 aromatic heterocycles. The minimum atomic E-state index is -0.407. The highest BCUT2D eigenvalue weighted by Gasteiger charge is 2.44. The standard InChI is InChI=1S/C19H26N2O4/c1-2-25-16-8-6-15(7-9-16)21-18(23)13-17(19(21)24)20-11-4-3-5-14(20)10-12-22/h6-9,14,17,22H,2-5,10-13H2,1H3. The number of aliphatic hydroxyl groups is 1. The van der Waals surface area contributed by atoms with Crippen LogP contribution in [0.5, 0.6) is 5.75 Å². The number of hydrogen-bond donors (Lipinski definition) is 1. The molecule has 2 amide bonds. The largest absolute Gasteiger partial charge is 0.494 e. The highest BCUT2D eigenvalue weighted by atomic mass is 16.5. The van der Waals surface area contributed by atoms with E-state index in [0.29, 0.717) is 18.7 Å². The molecule has 0 aliphatic carbocycles. The smallest absolute Gasteiger partial charge is 0.251 e. The quantitative estimate of drug-likeness (QED) is 0.798. The third-order valence-electron chi connectivity index (χ3n) is 5.06. The van der Waals surface area contributed by atoms with Crippen LogP contribution in [0.4, 0.5) is 5.69 Å². The Balaban J connectivity index is 1.77.